The van der Waals surface area contributed by atoms with E-state index in [2.05, 4.69) is 20.0 Å². The Morgan fingerprint density at radius 3 is 2.70 bits per heavy atom. The SMILES string of the molecule is O=C(/C=C/c1cccc2ccccc12)Nc1cccc(-c2noc(=O)[nH]2)c1. The molecule has 0 atom stereocenters. The molecule has 0 spiro atoms. The highest BCUT2D eigenvalue weighted by Crippen LogP contribution is 2.20. The third kappa shape index (κ3) is 3.69. The molecule has 27 heavy (non-hydrogen) atoms. The summed E-state index contributed by atoms with van der Waals surface area (Å²) in [5.41, 5.74) is 2.19. The number of nitrogens with one attached hydrogen (secondary N) is 2. The van der Waals surface area contributed by atoms with Gasteiger partial charge in [0.1, 0.15) is 0 Å². The number of carbonyl (C=O) groups is 1. The van der Waals surface area contributed by atoms with E-state index < -0.39 is 5.76 Å². The Morgan fingerprint density at radius 2 is 1.85 bits per heavy atom. The predicted octanol–water partition coefficient (Wildman–Crippen LogP) is 3.84. The van der Waals surface area contributed by atoms with Crippen LogP contribution in [0, 0.1) is 0 Å². The molecule has 0 unspecified atom stereocenters. The maximum Gasteiger partial charge on any atom is 0.439 e. The average molecular weight is 357 g/mol. The molecule has 0 aliphatic heterocycles. The quantitative estimate of drug-likeness (QED) is 0.543. The van der Waals surface area contributed by atoms with Crippen LogP contribution in [0.3, 0.4) is 0 Å². The number of nitrogens with zero attached hydrogens (tertiary/aromatic N) is 1. The number of carbonyl (C=O) groups excluding carboxylic acids is 1. The van der Waals surface area contributed by atoms with E-state index in [9.17, 15) is 9.59 Å². The van der Waals surface area contributed by atoms with E-state index in [1.807, 2.05) is 42.5 Å². The number of hydrogen-bond donors (Lipinski definition) is 2. The van der Waals surface area contributed by atoms with E-state index in [4.69, 9.17) is 0 Å². The molecule has 132 valence electrons. The lowest BCUT2D eigenvalue weighted by molar-refractivity contribution is -0.111. The Balaban J connectivity index is 1.52. The van der Waals surface area contributed by atoms with Gasteiger partial charge >= 0.3 is 5.76 Å². The van der Waals surface area contributed by atoms with Crippen molar-refractivity contribution in [3.05, 3.63) is 88.9 Å². The molecular formula is C21H15N3O3. The molecule has 2 N–H and O–H groups in total. The third-order valence-electron chi connectivity index (χ3n) is 4.08. The summed E-state index contributed by atoms with van der Waals surface area (Å²) >= 11 is 0. The van der Waals surface area contributed by atoms with Gasteiger partial charge in [-0.1, -0.05) is 59.8 Å². The zero-order chi connectivity index (χ0) is 18.6. The molecule has 3 aromatic carbocycles. The fraction of sp³-hybridized carbons (Fsp3) is 0. The van der Waals surface area contributed by atoms with Crippen LogP contribution < -0.4 is 11.1 Å². The second-order valence-electron chi connectivity index (χ2n) is 5.92. The third-order valence-corrected chi connectivity index (χ3v) is 4.08. The van der Waals surface area contributed by atoms with Gasteiger partial charge in [-0.05, 0) is 34.5 Å². The largest absolute Gasteiger partial charge is 0.439 e. The molecular weight excluding hydrogens is 342 g/mol. The van der Waals surface area contributed by atoms with Crippen LogP contribution in [0.1, 0.15) is 5.56 Å². The minimum absolute atomic E-state index is 0.256. The summed E-state index contributed by atoms with van der Waals surface area (Å²) in [5, 5.41) is 8.65. The lowest BCUT2D eigenvalue weighted by Gasteiger charge is -2.04. The molecule has 1 heterocycles. The number of H-pyrrole nitrogens is 1. The summed E-state index contributed by atoms with van der Waals surface area (Å²) in [7, 11) is 0. The number of hydrogen-bond acceptors (Lipinski definition) is 4. The second-order valence-corrected chi connectivity index (χ2v) is 5.92. The lowest BCUT2D eigenvalue weighted by atomic mass is 10.0. The Kier molecular flexibility index (Phi) is 4.37. The molecule has 4 rings (SSSR count). The van der Waals surface area contributed by atoms with Crippen LogP contribution in [-0.2, 0) is 4.79 Å². The Morgan fingerprint density at radius 1 is 1.04 bits per heavy atom. The molecule has 1 aromatic heterocycles. The van der Waals surface area contributed by atoms with Gasteiger partial charge in [-0.25, -0.2) is 4.79 Å². The molecule has 6 nitrogen and oxygen atoms in total. The van der Waals surface area contributed by atoms with Crippen molar-refractivity contribution in [2.24, 2.45) is 0 Å². The number of rotatable bonds is 4. The van der Waals surface area contributed by atoms with Crippen molar-refractivity contribution >= 4 is 28.4 Å². The van der Waals surface area contributed by atoms with Crippen LogP contribution in [0.2, 0.25) is 0 Å². The Labute approximate surface area is 154 Å². The van der Waals surface area contributed by atoms with Gasteiger partial charge in [0, 0.05) is 17.3 Å². The highest BCUT2D eigenvalue weighted by molar-refractivity contribution is 6.03. The van der Waals surface area contributed by atoms with Crippen LogP contribution in [-0.4, -0.2) is 16.0 Å². The first-order chi connectivity index (χ1) is 13.2. The van der Waals surface area contributed by atoms with Crippen molar-refractivity contribution in [3.8, 4) is 11.4 Å². The number of anilines is 1. The van der Waals surface area contributed by atoms with Gasteiger partial charge < -0.3 is 5.32 Å². The van der Waals surface area contributed by atoms with Crippen molar-refractivity contribution in [1.82, 2.24) is 10.1 Å². The van der Waals surface area contributed by atoms with Crippen LogP contribution in [0.4, 0.5) is 5.69 Å². The zero-order valence-corrected chi connectivity index (χ0v) is 14.2. The van der Waals surface area contributed by atoms with Gasteiger partial charge in [0.05, 0.1) is 0 Å². The van der Waals surface area contributed by atoms with E-state index in [0.29, 0.717) is 17.1 Å². The van der Waals surface area contributed by atoms with Gasteiger partial charge in [-0.2, -0.15) is 0 Å². The van der Waals surface area contributed by atoms with Crippen LogP contribution in [0.5, 0.6) is 0 Å². The summed E-state index contributed by atoms with van der Waals surface area (Å²) in [4.78, 5) is 25.8. The van der Waals surface area contributed by atoms with Crippen LogP contribution in [0.15, 0.2) is 82.1 Å². The fourth-order valence-corrected chi connectivity index (χ4v) is 2.84. The Bertz CT molecular complexity index is 1200. The summed E-state index contributed by atoms with van der Waals surface area (Å²) in [6.07, 6.45) is 3.28. The summed E-state index contributed by atoms with van der Waals surface area (Å²) in [6, 6.07) is 20.9. The molecule has 0 aliphatic carbocycles. The van der Waals surface area contributed by atoms with Gasteiger partial charge in [-0.3, -0.25) is 14.3 Å². The van der Waals surface area contributed by atoms with Gasteiger partial charge in [0.15, 0.2) is 5.82 Å². The number of aromatic nitrogens is 2. The monoisotopic (exact) mass is 357 g/mol. The smallest absolute Gasteiger partial charge is 0.322 e. The predicted molar refractivity (Wildman–Crippen MR) is 104 cm³/mol. The zero-order valence-electron chi connectivity index (χ0n) is 14.2. The van der Waals surface area contributed by atoms with E-state index in [1.165, 1.54) is 6.08 Å². The molecule has 0 radical (unpaired) electrons. The molecule has 0 saturated heterocycles. The summed E-state index contributed by atoms with van der Waals surface area (Å²) < 4.78 is 4.50. The molecule has 1 amide bonds. The van der Waals surface area contributed by atoms with E-state index in [-0.39, 0.29) is 5.91 Å². The normalized spacial score (nSPS) is 11.1. The van der Waals surface area contributed by atoms with E-state index in [1.54, 1.807) is 30.3 Å². The molecule has 0 saturated carbocycles. The molecule has 0 aliphatic rings. The second kappa shape index (κ2) is 7.13. The number of aromatic amines is 1. The van der Waals surface area contributed by atoms with Gasteiger partial charge in [0.2, 0.25) is 5.91 Å². The first kappa shape index (κ1) is 16.5. The summed E-state index contributed by atoms with van der Waals surface area (Å²) in [6.45, 7) is 0. The number of amides is 1. The molecule has 0 fully saturated rings. The summed E-state index contributed by atoms with van der Waals surface area (Å²) in [5.74, 6) is -0.575. The number of fused-ring (bicyclic) bond motifs is 1. The minimum Gasteiger partial charge on any atom is -0.322 e. The van der Waals surface area contributed by atoms with Crippen molar-refractivity contribution in [1.29, 1.82) is 0 Å². The lowest BCUT2D eigenvalue weighted by Crippen LogP contribution is -2.07. The first-order valence-corrected chi connectivity index (χ1v) is 8.32. The highest BCUT2D eigenvalue weighted by atomic mass is 16.5. The minimum atomic E-state index is -0.627. The number of benzene rings is 3. The molecule has 4 aromatic rings. The van der Waals surface area contributed by atoms with Crippen molar-refractivity contribution in [2.75, 3.05) is 5.32 Å². The van der Waals surface area contributed by atoms with Crippen LogP contribution in [0.25, 0.3) is 28.2 Å². The van der Waals surface area contributed by atoms with Crippen LogP contribution >= 0.6 is 0 Å². The topological polar surface area (TPSA) is 88.0 Å². The van der Waals surface area contributed by atoms with Gasteiger partial charge in [0.25, 0.3) is 0 Å². The van der Waals surface area contributed by atoms with E-state index in [0.717, 1.165) is 16.3 Å². The van der Waals surface area contributed by atoms with Crippen molar-refractivity contribution in [2.45, 2.75) is 0 Å². The average Bonchev–Trinajstić information content (AvgIpc) is 3.13. The molecule has 0 bridgehead atoms. The first-order valence-electron chi connectivity index (χ1n) is 8.32. The van der Waals surface area contributed by atoms with Crippen molar-refractivity contribution in [3.63, 3.8) is 0 Å². The van der Waals surface area contributed by atoms with Crippen molar-refractivity contribution < 1.29 is 9.32 Å². The maximum atomic E-state index is 12.3. The highest BCUT2D eigenvalue weighted by Gasteiger charge is 2.06. The fourth-order valence-electron chi connectivity index (χ4n) is 2.84. The Hall–Kier alpha value is -3.93. The van der Waals surface area contributed by atoms with Gasteiger partial charge in [-0.15, -0.1) is 0 Å². The van der Waals surface area contributed by atoms with E-state index >= 15 is 0 Å². The standard InChI is InChI=1S/C21H15N3O3/c25-19(12-11-15-7-3-6-14-5-1-2-10-18(14)15)22-17-9-4-8-16(13-17)20-23-21(26)27-24-20/h1-13H,(H,22,25)(H,23,24,26)/b12-11+. The molecule has 6 heteroatoms. The maximum absolute atomic E-state index is 12.3.